The lowest BCUT2D eigenvalue weighted by molar-refractivity contribution is -0.121. The van der Waals surface area contributed by atoms with Crippen LogP contribution in [0.15, 0.2) is 48.7 Å². The number of nitrogens with zero attached hydrogens (tertiary/aromatic N) is 2. The van der Waals surface area contributed by atoms with Crippen LogP contribution < -0.4 is 15.5 Å². The number of hydrogen-bond acceptors (Lipinski definition) is 4. The van der Waals surface area contributed by atoms with E-state index in [2.05, 4.69) is 44.8 Å². The van der Waals surface area contributed by atoms with Gasteiger partial charge in [0.05, 0.1) is 12.2 Å². The zero-order chi connectivity index (χ0) is 17.3. The third kappa shape index (κ3) is 5.48. The van der Waals surface area contributed by atoms with Crippen LogP contribution >= 0.6 is 0 Å². The number of nitrogens with one attached hydrogen (secondary N) is 2. The minimum absolute atomic E-state index is 0.0306. The maximum atomic E-state index is 11.9. The van der Waals surface area contributed by atoms with Gasteiger partial charge in [-0.05, 0) is 55.7 Å². The Balaban J connectivity index is 1.37. The Morgan fingerprint density at radius 3 is 2.56 bits per heavy atom. The Hall–Kier alpha value is -2.56. The lowest BCUT2D eigenvalue weighted by Crippen LogP contribution is -2.29. The van der Waals surface area contributed by atoms with Crippen LogP contribution in [0.3, 0.4) is 0 Å². The van der Waals surface area contributed by atoms with Crippen LogP contribution in [-0.2, 0) is 11.3 Å². The minimum Gasteiger partial charge on any atom is -0.385 e. The molecule has 0 atom stereocenters. The van der Waals surface area contributed by atoms with Gasteiger partial charge in [-0.3, -0.25) is 9.78 Å². The summed E-state index contributed by atoms with van der Waals surface area (Å²) >= 11 is 0. The third-order valence-electron chi connectivity index (χ3n) is 4.46. The van der Waals surface area contributed by atoms with Gasteiger partial charge in [-0.2, -0.15) is 0 Å². The summed E-state index contributed by atoms with van der Waals surface area (Å²) in [5, 5.41) is 6.20. The fourth-order valence-corrected chi connectivity index (χ4v) is 3.04. The summed E-state index contributed by atoms with van der Waals surface area (Å²) in [5.41, 5.74) is 3.22. The topological polar surface area (TPSA) is 57.3 Å². The van der Waals surface area contributed by atoms with Crippen molar-refractivity contribution in [3.8, 4) is 0 Å². The number of carbonyl (C=O) groups excluding carboxylic acids is 1. The first-order chi connectivity index (χ1) is 12.3. The molecule has 2 heterocycles. The highest BCUT2D eigenvalue weighted by molar-refractivity contribution is 5.76. The number of piperidine rings is 1. The molecule has 1 saturated heterocycles. The van der Waals surface area contributed by atoms with Crippen LogP contribution in [0.5, 0.6) is 0 Å². The fourth-order valence-electron chi connectivity index (χ4n) is 3.04. The Kier molecular flexibility index (Phi) is 6.26. The second kappa shape index (κ2) is 9.06. The van der Waals surface area contributed by atoms with E-state index in [1.54, 1.807) is 6.20 Å². The second-order valence-corrected chi connectivity index (χ2v) is 6.37. The van der Waals surface area contributed by atoms with E-state index < -0.39 is 0 Å². The van der Waals surface area contributed by atoms with Gasteiger partial charge in [0.2, 0.25) is 5.91 Å². The number of benzene rings is 1. The summed E-state index contributed by atoms with van der Waals surface area (Å²) in [5.74, 6) is 0.0306. The van der Waals surface area contributed by atoms with Crippen molar-refractivity contribution < 1.29 is 4.79 Å². The van der Waals surface area contributed by atoms with Crippen molar-refractivity contribution in [1.82, 2.24) is 10.3 Å². The molecule has 0 bridgehead atoms. The first-order valence-corrected chi connectivity index (χ1v) is 9.07. The van der Waals surface area contributed by atoms with Crippen LogP contribution in [0.2, 0.25) is 0 Å². The zero-order valence-electron chi connectivity index (χ0n) is 14.6. The quantitative estimate of drug-likeness (QED) is 0.814. The number of pyridine rings is 1. The standard InChI is InChI=1S/C20H26N4O/c25-20(23-16-18-6-2-3-12-21-18)11-13-22-17-7-9-19(10-8-17)24-14-4-1-5-15-24/h2-3,6-10,12,22H,1,4-5,11,13-16H2,(H,23,25). The summed E-state index contributed by atoms with van der Waals surface area (Å²) in [4.78, 5) is 18.5. The van der Waals surface area contributed by atoms with Crippen molar-refractivity contribution in [2.75, 3.05) is 29.9 Å². The van der Waals surface area contributed by atoms with Crippen molar-refractivity contribution in [3.63, 3.8) is 0 Å². The highest BCUT2D eigenvalue weighted by atomic mass is 16.1. The van der Waals surface area contributed by atoms with Crippen molar-refractivity contribution in [2.45, 2.75) is 32.2 Å². The van der Waals surface area contributed by atoms with Gasteiger partial charge in [0.25, 0.3) is 0 Å². The van der Waals surface area contributed by atoms with Gasteiger partial charge in [-0.25, -0.2) is 0 Å². The number of hydrogen-bond donors (Lipinski definition) is 2. The predicted molar refractivity (Wildman–Crippen MR) is 102 cm³/mol. The van der Waals surface area contributed by atoms with Gasteiger partial charge >= 0.3 is 0 Å². The van der Waals surface area contributed by atoms with Gasteiger partial charge in [0.15, 0.2) is 0 Å². The second-order valence-electron chi connectivity index (χ2n) is 6.37. The average molecular weight is 338 g/mol. The molecule has 2 aromatic rings. The Morgan fingerprint density at radius 1 is 1.04 bits per heavy atom. The van der Waals surface area contributed by atoms with Crippen LogP contribution in [0.25, 0.3) is 0 Å². The molecule has 1 aromatic carbocycles. The molecule has 25 heavy (non-hydrogen) atoms. The van der Waals surface area contributed by atoms with E-state index in [0.717, 1.165) is 24.5 Å². The SMILES string of the molecule is O=C(CCNc1ccc(N2CCCCC2)cc1)NCc1ccccn1. The Labute approximate surface area is 149 Å². The molecule has 1 amide bonds. The maximum absolute atomic E-state index is 11.9. The molecule has 0 saturated carbocycles. The van der Waals surface area contributed by atoms with Gasteiger partial charge in [0.1, 0.15) is 0 Å². The molecule has 132 valence electrons. The lowest BCUT2D eigenvalue weighted by Gasteiger charge is -2.28. The van der Waals surface area contributed by atoms with Crippen molar-refractivity contribution in [3.05, 3.63) is 54.4 Å². The molecule has 1 aromatic heterocycles. The van der Waals surface area contributed by atoms with Gasteiger partial charge in [-0.15, -0.1) is 0 Å². The third-order valence-corrected chi connectivity index (χ3v) is 4.46. The lowest BCUT2D eigenvalue weighted by atomic mass is 10.1. The van der Waals surface area contributed by atoms with E-state index in [0.29, 0.717) is 19.5 Å². The molecule has 0 aliphatic carbocycles. The van der Waals surface area contributed by atoms with E-state index in [-0.39, 0.29) is 5.91 Å². The molecule has 0 radical (unpaired) electrons. The first kappa shape index (κ1) is 17.3. The van der Waals surface area contributed by atoms with E-state index in [4.69, 9.17) is 0 Å². The van der Waals surface area contributed by atoms with Crippen LogP contribution in [0.1, 0.15) is 31.4 Å². The minimum atomic E-state index is 0.0306. The first-order valence-electron chi connectivity index (χ1n) is 9.07. The van der Waals surface area contributed by atoms with E-state index in [9.17, 15) is 4.79 Å². The predicted octanol–water partition coefficient (Wildman–Crippen LogP) is 3.19. The number of amides is 1. The van der Waals surface area contributed by atoms with E-state index in [1.807, 2.05) is 18.2 Å². The molecular weight excluding hydrogens is 312 g/mol. The maximum Gasteiger partial charge on any atom is 0.222 e. The largest absolute Gasteiger partial charge is 0.385 e. The van der Waals surface area contributed by atoms with Crippen molar-refractivity contribution in [2.24, 2.45) is 0 Å². The number of aromatic nitrogens is 1. The van der Waals surface area contributed by atoms with Gasteiger partial charge in [-0.1, -0.05) is 6.07 Å². The Morgan fingerprint density at radius 2 is 1.84 bits per heavy atom. The van der Waals surface area contributed by atoms with Crippen molar-refractivity contribution in [1.29, 1.82) is 0 Å². The van der Waals surface area contributed by atoms with Crippen LogP contribution in [-0.4, -0.2) is 30.5 Å². The fraction of sp³-hybridized carbons (Fsp3) is 0.400. The summed E-state index contributed by atoms with van der Waals surface area (Å²) in [6.45, 7) is 3.41. The average Bonchev–Trinajstić information content (AvgIpc) is 2.68. The normalized spacial score (nSPS) is 14.2. The molecule has 5 nitrogen and oxygen atoms in total. The van der Waals surface area contributed by atoms with Crippen molar-refractivity contribution >= 4 is 17.3 Å². The number of rotatable bonds is 7. The summed E-state index contributed by atoms with van der Waals surface area (Å²) < 4.78 is 0. The number of anilines is 2. The molecule has 1 fully saturated rings. The molecule has 0 unspecified atom stereocenters. The molecule has 2 N–H and O–H groups in total. The zero-order valence-corrected chi connectivity index (χ0v) is 14.6. The summed E-state index contributed by atoms with van der Waals surface area (Å²) in [7, 11) is 0. The highest BCUT2D eigenvalue weighted by Gasteiger charge is 2.10. The molecule has 3 rings (SSSR count). The highest BCUT2D eigenvalue weighted by Crippen LogP contribution is 2.21. The van der Waals surface area contributed by atoms with Crippen LogP contribution in [0.4, 0.5) is 11.4 Å². The molecular formula is C20H26N4O. The summed E-state index contributed by atoms with van der Waals surface area (Å²) in [6, 6.07) is 14.2. The van der Waals surface area contributed by atoms with Gasteiger partial charge < -0.3 is 15.5 Å². The van der Waals surface area contributed by atoms with Gasteiger partial charge in [0, 0.05) is 43.6 Å². The molecule has 1 aliphatic heterocycles. The number of carbonyl (C=O) groups is 1. The monoisotopic (exact) mass is 338 g/mol. The molecule has 1 aliphatic rings. The molecule has 5 heteroatoms. The van der Waals surface area contributed by atoms with Crippen LogP contribution in [0, 0.1) is 0 Å². The summed E-state index contributed by atoms with van der Waals surface area (Å²) in [6.07, 6.45) is 6.09. The molecule has 0 spiro atoms. The van der Waals surface area contributed by atoms with E-state index >= 15 is 0 Å². The smallest absolute Gasteiger partial charge is 0.222 e. The van der Waals surface area contributed by atoms with E-state index in [1.165, 1.54) is 24.9 Å². The Bertz CT molecular complexity index is 651.